The first-order chi connectivity index (χ1) is 14.5. The standard InChI is InChI=1S/C19H28N6O5/c1-30-16-7-8-20-19(22-16)23-17(27)15-6-9-21-25(15)18(28)14(11-24(29)12-26)10-13-4-2-3-5-13/h7-8,12-15,21,29H,2-6,9-11H2,1H3,(H,20,22,23,27)/t14?,15-/m0/s1. The number of aromatic nitrogens is 2. The highest BCUT2D eigenvalue weighted by molar-refractivity contribution is 5.96. The molecule has 2 aliphatic rings. The predicted molar refractivity (Wildman–Crippen MR) is 105 cm³/mol. The van der Waals surface area contributed by atoms with Gasteiger partial charge in [-0.2, -0.15) is 4.98 Å². The highest BCUT2D eigenvalue weighted by atomic mass is 16.5. The normalized spacial score (nSPS) is 20.1. The summed E-state index contributed by atoms with van der Waals surface area (Å²) in [6, 6.07) is 0.811. The molecule has 0 bridgehead atoms. The van der Waals surface area contributed by atoms with E-state index in [0.717, 1.165) is 25.7 Å². The number of nitrogens with one attached hydrogen (secondary N) is 2. The Morgan fingerprint density at radius 1 is 1.43 bits per heavy atom. The summed E-state index contributed by atoms with van der Waals surface area (Å²) in [5.74, 6) is -0.559. The van der Waals surface area contributed by atoms with Gasteiger partial charge in [0.15, 0.2) is 0 Å². The molecular weight excluding hydrogens is 392 g/mol. The van der Waals surface area contributed by atoms with Crippen molar-refractivity contribution in [3.05, 3.63) is 12.3 Å². The van der Waals surface area contributed by atoms with Crippen LogP contribution in [0.4, 0.5) is 5.95 Å². The number of methoxy groups -OCH3 is 1. The second-order valence-electron chi connectivity index (χ2n) is 7.64. The summed E-state index contributed by atoms with van der Waals surface area (Å²) < 4.78 is 5.03. The van der Waals surface area contributed by atoms with Crippen LogP contribution in [-0.4, -0.2) is 69.7 Å². The molecule has 3 rings (SSSR count). The SMILES string of the molecule is COc1ccnc(NC(=O)[C@@H]2CCNN2C(=O)C(CC2CCCC2)CN(O)C=O)n1. The summed E-state index contributed by atoms with van der Waals surface area (Å²) in [6.45, 7) is 0.347. The lowest BCUT2D eigenvalue weighted by atomic mass is 9.92. The largest absolute Gasteiger partial charge is 0.481 e. The van der Waals surface area contributed by atoms with E-state index in [9.17, 15) is 19.6 Å². The molecule has 164 valence electrons. The van der Waals surface area contributed by atoms with E-state index in [1.54, 1.807) is 6.07 Å². The average Bonchev–Trinajstić information content (AvgIpc) is 3.44. The summed E-state index contributed by atoms with van der Waals surface area (Å²) in [6.07, 6.45) is 7.04. The van der Waals surface area contributed by atoms with Gasteiger partial charge in [0, 0.05) is 18.8 Å². The molecule has 0 radical (unpaired) electrons. The Bertz CT molecular complexity index is 757. The van der Waals surface area contributed by atoms with Gasteiger partial charge in [-0.25, -0.2) is 15.5 Å². The third-order valence-electron chi connectivity index (χ3n) is 5.60. The first-order valence-electron chi connectivity index (χ1n) is 10.2. The van der Waals surface area contributed by atoms with Gasteiger partial charge in [0.2, 0.25) is 24.1 Å². The molecule has 3 N–H and O–H groups in total. The summed E-state index contributed by atoms with van der Waals surface area (Å²) in [5, 5.41) is 14.1. The first kappa shape index (κ1) is 21.9. The Morgan fingerprint density at radius 2 is 2.20 bits per heavy atom. The quantitative estimate of drug-likeness (QED) is 0.300. The number of carbonyl (C=O) groups is 3. The Kier molecular flexibility index (Phi) is 7.52. The van der Waals surface area contributed by atoms with Crippen LogP contribution in [0.15, 0.2) is 12.3 Å². The number of hydroxylamine groups is 2. The molecule has 2 fully saturated rings. The molecule has 1 aromatic heterocycles. The maximum Gasteiger partial charge on any atom is 0.251 e. The van der Waals surface area contributed by atoms with Crippen LogP contribution in [0.1, 0.15) is 38.5 Å². The first-order valence-corrected chi connectivity index (χ1v) is 10.2. The lowest BCUT2D eigenvalue weighted by molar-refractivity contribution is -0.159. The number of anilines is 1. The molecule has 1 aliphatic carbocycles. The number of amides is 3. The van der Waals surface area contributed by atoms with Crippen LogP contribution in [0.3, 0.4) is 0 Å². The second kappa shape index (κ2) is 10.3. The van der Waals surface area contributed by atoms with Gasteiger partial charge in [-0.15, -0.1) is 0 Å². The van der Waals surface area contributed by atoms with Gasteiger partial charge in [-0.1, -0.05) is 25.7 Å². The van der Waals surface area contributed by atoms with E-state index in [4.69, 9.17) is 4.74 Å². The van der Waals surface area contributed by atoms with Crippen LogP contribution >= 0.6 is 0 Å². The van der Waals surface area contributed by atoms with Crippen molar-refractivity contribution in [2.75, 3.05) is 25.5 Å². The van der Waals surface area contributed by atoms with Gasteiger partial charge < -0.3 is 4.74 Å². The molecule has 1 unspecified atom stereocenters. The van der Waals surface area contributed by atoms with E-state index in [2.05, 4.69) is 20.7 Å². The number of ether oxygens (including phenoxy) is 1. The molecular formula is C19H28N6O5. The fourth-order valence-electron chi connectivity index (χ4n) is 4.12. The third-order valence-corrected chi connectivity index (χ3v) is 5.60. The van der Waals surface area contributed by atoms with Crippen molar-refractivity contribution in [2.45, 2.75) is 44.6 Å². The van der Waals surface area contributed by atoms with Crippen LogP contribution in [0.2, 0.25) is 0 Å². The lowest BCUT2D eigenvalue weighted by Crippen LogP contribution is -2.51. The van der Waals surface area contributed by atoms with E-state index < -0.39 is 17.9 Å². The molecule has 1 saturated heterocycles. The fourth-order valence-corrected chi connectivity index (χ4v) is 4.12. The van der Waals surface area contributed by atoms with Gasteiger partial charge in [0.05, 0.1) is 19.6 Å². The van der Waals surface area contributed by atoms with Crippen LogP contribution in [0.5, 0.6) is 5.88 Å². The summed E-state index contributed by atoms with van der Waals surface area (Å²) in [7, 11) is 1.46. The highest BCUT2D eigenvalue weighted by Gasteiger charge is 2.39. The van der Waals surface area contributed by atoms with Crippen LogP contribution in [0, 0.1) is 11.8 Å². The molecule has 11 heteroatoms. The zero-order valence-corrected chi connectivity index (χ0v) is 17.0. The maximum absolute atomic E-state index is 13.2. The summed E-state index contributed by atoms with van der Waals surface area (Å²) in [5.41, 5.74) is 2.96. The molecule has 11 nitrogen and oxygen atoms in total. The van der Waals surface area contributed by atoms with E-state index in [1.165, 1.54) is 18.3 Å². The van der Waals surface area contributed by atoms with Crippen molar-refractivity contribution in [3.63, 3.8) is 0 Å². The Morgan fingerprint density at radius 3 is 2.90 bits per heavy atom. The third kappa shape index (κ3) is 5.42. The molecule has 30 heavy (non-hydrogen) atoms. The Balaban J connectivity index is 1.69. The van der Waals surface area contributed by atoms with E-state index in [-0.39, 0.29) is 24.8 Å². The second-order valence-corrected chi connectivity index (χ2v) is 7.64. The minimum atomic E-state index is -0.748. The van der Waals surface area contributed by atoms with Gasteiger partial charge in [-0.05, 0) is 18.8 Å². The number of carbonyl (C=O) groups excluding carboxylic acids is 3. The van der Waals surface area contributed by atoms with Crippen molar-refractivity contribution in [3.8, 4) is 5.88 Å². The van der Waals surface area contributed by atoms with Gasteiger partial charge >= 0.3 is 0 Å². The topological polar surface area (TPSA) is 137 Å². The minimum absolute atomic E-state index is 0.0867. The van der Waals surface area contributed by atoms with Crippen LogP contribution in [-0.2, 0) is 14.4 Å². The van der Waals surface area contributed by atoms with Crippen molar-refractivity contribution in [2.24, 2.45) is 11.8 Å². The highest BCUT2D eigenvalue weighted by Crippen LogP contribution is 2.31. The van der Waals surface area contributed by atoms with Crippen LogP contribution in [0.25, 0.3) is 0 Å². The predicted octanol–water partition coefficient (Wildman–Crippen LogP) is 0.573. The molecule has 1 aromatic rings. The van der Waals surface area contributed by atoms with Gasteiger partial charge in [0.25, 0.3) is 5.91 Å². The molecule has 0 spiro atoms. The molecule has 0 aromatic carbocycles. The van der Waals surface area contributed by atoms with E-state index in [0.29, 0.717) is 36.2 Å². The Labute approximate surface area is 174 Å². The van der Waals surface area contributed by atoms with Crippen molar-refractivity contribution in [1.29, 1.82) is 0 Å². The number of hydrazine groups is 1. The monoisotopic (exact) mass is 420 g/mol. The van der Waals surface area contributed by atoms with Gasteiger partial charge in [-0.3, -0.25) is 29.9 Å². The molecule has 2 heterocycles. The number of rotatable bonds is 9. The fraction of sp³-hybridized carbons (Fsp3) is 0.632. The zero-order chi connectivity index (χ0) is 21.5. The van der Waals surface area contributed by atoms with E-state index >= 15 is 0 Å². The number of hydrogen-bond acceptors (Lipinski definition) is 8. The van der Waals surface area contributed by atoms with Crippen molar-refractivity contribution >= 4 is 24.2 Å². The Hall–Kier alpha value is -2.79. The smallest absolute Gasteiger partial charge is 0.251 e. The van der Waals surface area contributed by atoms with Crippen molar-refractivity contribution in [1.82, 2.24) is 25.5 Å². The van der Waals surface area contributed by atoms with E-state index in [1.807, 2.05) is 0 Å². The molecule has 1 aliphatic heterocycles. The summed E-state index contributed by atoms with van der Waals surface area (Å²) in [4.78, 5) is 45.0. The van der Waals surface area contributed by atoms with Crippen molar-refractivity contribution < 1.29 is 24.3 Å². The summed E-state index contributed by atoms with van der Waals surface area (Å²) >= 11 is 0. The number of hydrogen-bond donors (Lipinski definition) is 3. The molecule has 3 amide bonds. The van der Waals surface area contributed by atoms with Gasteiger partial charge in [0.1, 0.15) is 6.04 Å². The maximum atomic E-state index is 13.2. The minimum Gasteiger partial charge on any atom is -0.481 e. The molecule has 1 saturated carbocycles. The lowest BCUT2D eigenvalue weighted by Gasteiger charge is -2.29. The average molecular weight is 420 g/mol. The number of nitrogens with zero attached hydrogens (tertiary/aromatic N) is 4. The molecule has 2 atom stereocenters. The zero-order valence-electron chi connectivity index (χ0n) is 17.0. The van der Waals surface area contributed by atoms with Crippen LogP contribution < -0.4 is 15.5 Å².